The molecule has 1 rings (SSSR count). The fourth-order valence-electron chi connectivity index (χ4n) is 2.61. The van der Waals surface area contributed by atoms with Crippen molar-refractivity contribution in [1.29, 1.82) is 0 Å². The highest BCUT2D eigenvalue weighted by Gasteiger charge is 1.96. The lowest BCUT2D eigenvalue weighted by molar-refractivity contribution is 0.556. The van der Waals surface area contributed by atoms with E-state index in [1.165, 1.54) is 81.1 Å². The number of hydrogen-bond acceptors (Lipinski definition) is 1. The topological polar surface area (TPSA) is 0 Å². The second-order valence-corrected chi connectivity index (χ2v) is 6.66. The number of benzene rings is 1. The van der Waals surface area contributed by atoms with E-state index in [1.807, 2.05) is 11.8 Å². The van der Waals surface area contributed by atoms with E-state index in [4.69, 9.17) is 0 Å². The van der Waals surface area contributed by atoms with Crippen LogP contribution in [-0.4, -0.2) is 6.26 Å². The van der Waals surface area contributed by atoms with Crippen LogP contribution in [0.5, 0.6) is 0 Å². The Morgan fingerprint density at radius 3 is 1.70 bits per heavy atom. The summed E-state index contributed by atoms with van der Waals surface area (Å²) in [6.45, 7) is 2.29. The van der Waals surface area contributed by atoms with E-state index in [9.17, 15) is 0 Å². The summed E-state index contributed by atoms with van der Waals surface area (Å²) >= 11 is 1.82. The van der Waals surface area contributed by atoms with Gasteiger partial charge in [-0.1, -0.05) is 76.8 Å². The van der Waals surface area contributed by atoms with Crippen LogP contribution < -0.4 is 0 Å². The van der Waals surface area contributed by atoms with Gasteiger partial charge in [0.2, 0.25) is 0 Å². The predicted molar refractivity (Wildman–Crippen MR) is 93.8 cm³/mol. The van der Waals surface area contributed by atoms with Crippen LogP contribution in [0, 0.1) is 0 Å². The summed E-state index contributed by atoms with van der Waals surface area (Å²) in [5, 5.41) is 0. The first kappa shape index (κ1) is 17.6. The highest BCUT2D eigenvalue weighted by molar-refractivity contribution is 7.98. The largest absolute Gasteiger partial charge is 0.130 e. The molecule has 0 amide bonds. The lowest BCUT2D eigenvalue weighted by Gasteiger charge is -2.04. The number of thioether (sulfide) groups is 1. The van der Waals surface area contributed by atoms with Crippen molar-refractivity contribution in [2.75, 3.05) is 6.26 Å². The van der Waals surface area contributed by atoms with Gasteiger partial charge < -0.3 is 0 Å². The standard InChI is InChI=1S/C19H32S/c1-3-4-5-6-7-8-9-10-11-12-13-18-14-16-19(20-2)17-15-18/h14-17H,3-13H2,1-2H3. The highest BCUT2D eigenvalue weighted by Crippen LogP contribution is 2.17. The van der Waals surface area contributed by atoms with Crippen LogP contribution in [0.3, 0.4) is 0 Å². The van der Waals surface area contributed by atoms with Gasteiger partial charge in [-0.15, -0.1) is 11.8 Å². The van der Waals surface area contributed by atoms with Gasteiger partial charge in [-0.3, -0.25) is 0 Å². The molecule has 0 unspecified atom stereocenters. The minimum absolute atomic E-state index is 1.26. The quantitative estimate of drug-likeness (QED) is 0.299. The lowest BCUT2D eigenvalue weighted by Crippen LogP contribution is -1.86. The molecule has 0 fully saturated rings. The Kier molecular flexibility index (Phi) is 10.9. The molecule has 0 atom stereocenters. The first-order valence-electron chi connectivity index (χ1n) is 8.49. The maximum absolute atomic E-state index is 2.29. The molecule has 1 aromatic carbocycles. The molecule has 0 N–H and O–H groups in total. The number of aryl methyl sites for hydroxylation is 1. The van der Waals surface area contributed by atoms with Crippen molar-refractivity contribution in [2.24, 2.45) is 0 Å². The molecule has 0 aliphatic carbocycles. The maximum atomic E-state index is 2.29. The molecule has 0 saturated carbocycles. The van der Waals surface area contributed by atoms with Crippen LogP contribution in [0.15, 0.2) is 29.2 Å². The molecular weight excluding hydrogens is 260 g/mol. The third-order valence-corrected chi connectivity index (χ3v) is 4.72. The zero-order valence-electron chi connectivity index (χ0n) is 13.5. The van der Waals surface area contributed by atoms with Crippen molar-refractivity contribution >= 4 is 11.8 Å². The molecule has 20 heavy (non-hydrogen) atoms. The lowest BCUT2D eigenvalue weighted by atomic mass is 10.0. The van der Waals surface area contributed by atoms with Gasteiger partial charge >= 0.3 is 0 Å². The van der Waals surface area contributed by atoms with Gasteiger partial charge in [-0.25, -0.2) is 0 Å². The molecule has 0 aliphatic rings. The van der Waals surface area contributed by atoms with Crippen LogP contribution in [0.4, 0.5) is 0 Å². The van der Waals surface area contributed by atoms with E-state index in [2.05, 4.69) is 37.4 Å². The number of rotatable bonds is 12. The molecule has 0 radical (unpaired) electrons. The normalized spacial score (nSPS) is 10.9. The summed E-state index contributed by atoms with van der Waals surface area (Å²) in [6, 6.07) is 9.08. The minimum atomic E-state index is 1.26. The molecule has 0 heterocycles. The molecule has 0 saturated heterocycles. The maximum Gasteiger partial charge on any atom is 0.00693 e. The highest BCUT2D eigenvalue weighted by atomic mass is 32.2. The summed E-state index contributed by atoms with van der Waals surface area (Å²) in [6.07, 6.45) is 17.6. The smallest absolute Gasteiger partial charge is 0.00693 e. The van der Waals surface area contributed by atoms with Gasteiger partial charge in [0.1, 0.15) is 0 Å². The van der Waals surface area contributed by atoms with Crippen LogP contribution in [0.1, 0.15) is 76.7 Å². The molecule has 1 aromatic rings. The fraction of sp³-hybridized carbons (Fsp3) is 0.684. The SMILES string of the molecule is CCCCCCCCCCCCc1ccc(SC)cc1. The van der Waals surface area contributed by atoms with Gasteiger partial charge in [-0.05, 0) is 36.8 Å². The molecular formula is C19H32S. The third-order valence-electron chi connectivity index (χ3n) is 3.98. The monoisotopic (exact) mass is 292 g/mol. The summed E-state index contributed by atoms with van der Waals surface area (Å²) in [5.74, 6) is 0. The predicted octanol–water partition coefficient (Wildman–Crippen LogP) is 6.87. The first-order chi connectivity index (χ1) is 9.86. The summed E-state index contributed by atoms with van der Waals surface area (Å²) in [7, 11) is 0. The van der Waals surface area contributed by atoms with E-state index in [0.29, 0.717) is 0 Å². The zero-order chi connectivity index (χ0) is 14.5. The van der Waals surface area contributed by atoms with Gasteiger partial charge in [0.15, 0.2) is 0 Å². The van der Waals surface area contributed by atoms with Gasteiger partial charge in [0, 0.05) is 4.90 Å². The Morgan fingerprint density at radius 1 is 0.700 bits per heavy atom. The Balaban J connectivity index is 1.91. The molecule has 1 heteroatoms. The molecule has 0 nitrogen and oxygen atoms in total. The average Bonchev–Trinajstić information content (AvgIpc) is 2.50. The van der Waals surface area contributed by atoms with E-state index < -0.39 is 0 Å². The Labute approximate surface area is 130 Å². The van der Waals surface area contributed by atoms with Crippen molar-refractivity contribution in [3.05, 3.63) is 29.8 Å². The van der Waals surface area contributed by atoms with E-state index in [0.717, 1.165) is 0 Å². The second-order valence-electron chi connectivity index (χ2n) is 5.78. The van der Waals surface area contributed by atoms with E-state index >= 15 is 0 Å². The Bertz CT molecular complexity index is 315. The number of hydrogen-bond donors (Lipinski definition) is 0. The van der Waals surface area contributed by atoms with Crippen molar-refractivity contribution in [3.63, 3.8) is 0 Å². The third kappa shape index (κ3) is 8.68. The van der Waals surface area contributed by atoms with Crippen LogP contribution in [-0.2, 0) is 6.42 Å². The van der Waals surface area contributed by atoms with Crippen molar-refractivity contribution < 1.29 is 0 Å². The van der Waals surface area contributed by atoms with E-state index in [1.54, 1.807) is 0 Å². The van der Waals surface area contributed by atoms with Gasteiger partial charge in [0.25, 0.3) is 0 Å². The summed E-state index contributed by atoms with van der Waals surface area (Å²) in [5.41, 5.74) is 1.50. The second kappa shape index (κ2) is 12.3. The fourth-order valence-corrected chi connectivity index (χ4v) is 3.02. The van der Waals surface area contributed by atoms with Gasteiger partial charge in [0.05, 0.1) is 0 Å². The average molecular weight is 293 g/mol. The zero-order valence-corrected chi connectivity index (χ0v) is 14.3. The molecule has 0 spiro atoms. The van der Waals surface area contributed by atoms with Crippen molar-refractivity contribution in [2.45, 2.75) is 82.4 Å². The van der Waals surface area contributed by atoms with E-state index in [-0.39, 0.29) is 0 Å². The first-order valence-corrected chi connectivity index (χ1v) is 9.72. The molecule has 0 aliphatic heterocycles. The van der Waals surface area contributed by atoms with Gasteiger partial charge in [-0.2, -0.15) is 0 Å². The Morgan fingerprint density at radius 2 is 1.20 bits per heavy atom. The van der Waals surface area contributed by atoms with Crippen molar-refractivity contribution in [1.82, 2.24) is 0 Å². The molecule has 114 valence electrons. The summed E-state index contributed by atoms with van der Waals surface area (Å²) < 4.78 is 0. The minimum Gasteiger partial charge on any atom is -0.130 e. The Hall–Kier alpha value is -0.430. The van der Waals surface area contributed by atoms with Crippen molar-refractivity contribution in [3.8, 4) is 0 Å². The number of unbranched alkanes of at least 4 members (excludes halogenated alkanes) is 9. The molecule has 0 aromatic heterocycles. The van der Waals surface area contributed by atoms with Crippen LogP contribution >= 0.6 is 11.8 Å². The summed E-state index contributed by atoms with van der Waals surface area (Å²) in [4.78, 5) is 1.37. The van der Waals surface area contributed by atoms with Crippen LogP contribution in [0.2, 0.25) is 0 Å². The van der Waals surface area contributed by atoms with Crippen LogP contribution in [0.25, 0.3) is 0 Å². The molecule has 0 bridgehead atoms.